The number of non-ortho nitro benzene ring substituents is 1. The Balaban J connectivity index is 0.00000324. The molecule has 34 heavy (non-hydrogen) atoms. The smallest absolute Gasteiger partial charge is 0.338 e. The molecular formula is C27H24BrNO4P+. The van der Waals surface area contributed by atoms with Gasteiger partial charge in [-0.15, -0.1) is 17.0 Å². The fourth-order valence-corrected chi connectivity index (χ4v) is 8.41. The van der Waals surface area contributed by atoms with E-state index in [4.69, 9.17) is 4.74 Å². The van der Waals surface area contributed by atoms with Crippen molar-refractivity contribution in [1.82, 2.24) is 0 Å². The summed E-state index contributed by atoms with van der Waals surface area (Å²) >= 11 is 0. The lowest BCUT2D eigenvalue weighted by molar-refractivity contribution is -0.384. The van der Waals surface area contributed by atoms with Gasteiger partial charge < -0.3 is 4.74 Å². The Morgan fingerprint density at radius 2 is 1.24 bits per heavy atom. The summed E-state index contributed by atoms with van der Waals surface area (Å²) in [5, 5.41) is 14.9. The lowest BCUT2D eigenvalue weighted by Crippen LogP contribution is -2.32. The highest BCUT2D eigenvalue weighted by Crippen LogP contribution is 2.58. The number of hydrogen-bond acceptors (Lipinski definition) is 4. The average molecular weight is 537 g/mol. The van der Waals surface area contributed by atoms with Crippen molar-refractivity contribution < 1.29 is 14.5 Å². The Hall–Kier alpha value is -3.34. The third kappa shape index (κ3) is 4.93. The molecule has 0 aliphatic carbocycles. The molecule has 0 atom stereocenters. The van der Waals surface area contributed by atoms with Crippen molar-refractivity contribution in [2.75, 3.05) is 7.11 Å². The molecule has 4 rings (SSSR count). The molecule has 0 unspecified atom stereocenters. The zero-order valence-corrected chi connectivity index (χ0v) is 21.1. The highest BCUT2D eigenvalue weighted by atomic mass is 79.9. The summed E-state index contributed by atoms with van der Waals surface area (Å²) in [6.45, 7) is 0. The summed E-state index contributed by atoms with van der Waals surface area (Å²) in [5.41, 5.74) is 0.804. The fraction of sp³-hybridized carbons (Fsp3) is 0.0741. The zero-order chi connectivity index (χ0) is 23.3. The summed E-state index contributed by atoms with van der Waals surface area (Å²) in [5.74, 6) is -0.582. The SMILES string of the molecule is Br.COC(=O)c1cc([N+](=O)[O-])ccc1C[P+](c1ccccc1)(c1ccccc1)c1ccccc1. The number of rotatable bonds is 7. The first-order chi connectivity index (χ1) is 16.1. The van der Waals surface area contributed by atoms with Crippen LogP contribution in [0.3, 0.4) is 0 Å². The highest BCUT2D eigenvalue weighted by molar-refractivity contribution is 8.93. The monoisotopic (exact) mass is 536 g/mol. The van der Waals surface area contributed by atoms with E-state index in [-0.39, 0.29) is 28.2 Å². The maximum atomic E-state index is 12.7. The Morgan fingerprint density at radius 1 is 0.794 bits per heavy atom. The molecule has 4 aromatic rings. The number of ether oxygens (including phenoxy) is 1. The van der Waals surface area contributed by atoms with Gasteiger partial charge in [0, 0.05) is 17.7 Å². The van der Waals surface area contributed by atoms with E-state index in [2.05, 4.69) is 36.4 Å². The molecule has 0 radical (unpaired) electrons. The van der Waals surface area contributed by atoms with Crippen molar-refractivity contribution in [2.24, 2.45) is 0 Å². The molecule has 0 bridgehead atoms. The van der Waals surface area contributed by atoms with Crippen LogP contribution in [0.2, 0.25) is 0 Å². The number of esters is 1. The first-order valence-electron chi connectivity index (χ1n) is 10.5. The van der Waals surface area contributed by atoms with Crippen LogP contribution in [0, 0.1) is 10.1 Å². The van der Waals surface area contributed by atoms with Crippen LogP contribution in [0.25, 0.3) is 0 Å². The van der Waals surface area contributed by atoms with Gasteiger partial charge in [0.25, 0.3) is 5.69 Å². The van der Waals surface area contributed by atoms with Crippen LogP contribution in [0.5, 0.6) is 0 Å². The lowest BCUT2D eigenvalue weighted by atomic mass is 10.1. The van der Waals surface area contributed by atoms with E-state index in [0.717, 1.165) is 21.5 Å². The van der Waals surface area contributed by atoms with Crippen molar-refractivity contribution in [2.45, 2.75) is 6.16 Å². The molecule has 0 aliphatic rings. The normalized spacial score (nSPS) is 10.7. The van der Waals surface area contributed by atoms with Gasteiger partial charge in [0.1, 0.15) is 23.2 Å². The quantitative estimate of drug-likeness (QED) is 0.136. The Labute approximate surface area is 209 Å². The molecule has 0 saturated carbocycles. The predicted octanol–water partition coefficient (Wildman–Crippen LogP) is 5.45. The molecule has 0 N–H and O–H groups in total. The van der Waals surface area contributed by atoms with Gasteiger partial charge in [0.2, 0.25) is 0 Å². The third-order valence-corrected chi connectivity index (χ3v) is 10.1. The molecule has 0 aromatic heterocycles. The summed E-state index contributed by atoms with van der Waals surface area (Å²) in [6.07, 6.45) is 0.521. The second kappa shape index (κ2) is 11.2. The van der Waals surface area contributed by atoms with Crippen LogP contribution >= 0.6 is 24.2 Å². The maximum Gasteiger partial charge on any atom is 0.338 e. The lowest BCUT2D eigenvalue weighted by Gasteiger charge is -2.28. The molecule has 5 nitrogen and oxygen atoms in total. The number of hydrogen-bond donors (Lipinski definition) is 0. The van der Waals surface area contributed by atoms with Gasteiger partial charge in [-0.25, -0.2) is 4.79 Å². The van der Waals surface area contributed by atoms with E-state index in [0.29, 0.717) is 6.16 Å². The number of carbonyl (C=O) groups is 1. The van der Waals surface area contributed by atoms with E-state index >= 15 is 0 Å². The number of nitro groups is 1. The van der Waals surface area contributed by atoms with Crippen molar-refractivity contribution in [3.63, 3.8) is 0 Å². The van der Waals surface area contributed by atoms with Crippen LogP contribution in [0.4, 0.5) is 5.69 Å². The van der Waals surface area contributed by atoms with E-state index in [9.17, 15) is 14.9 Å². The molecule has 0 spiro atoms. The van der Waals surface area contributed by atoms with Gasteiger partial charge in [-0.05, 0) is 42.5 Å². The van der Waals surface area contributed by atoms with Gasteiger partial charge in [0.05, 0.1) is 23.8 Å². The van der Waals surface area contributed by atoms with Gasteiger partial charge in [0.15, 0.2) is 0 Å². The standard InChI is InChI=1S/C27H23NO4P.BrH/c1-32-27(29)26-19-22(28(30)31)18-17-21(26)20-33(23-11-5-2-6-12-23,24-13-7-3-8-14-24)25-15-9-4-10-16-25;/h2-19H,20H2,1H3;1H/q+1;. The van der Waals surface area contributed by atoms with E-state index < -0.39 is 18.2 Å². The molecule has 172 valence electrons. The summed E-state index contributed by atoms with van der Waals surface area (Å²) in [7, 11) is -0.978. The van der Waals surface area contributed by atoms with E-state index in [1.54, 1.807) is 6.07 Å². The molecule has 0 aliphatic heterocycles. The Kier molecular flexibility index (Phi) is 8.32. The molecule has 0 saturated heterocycles. The Bertz CT molecular complexity index is 1170. The molecule has 0 amide bonds. The van der Waals surface area contributed by atoms with Crippen LogP contribution in [-0.2, 0) is 10.9 Å². The van der Waals surface area contributed by atoms with Gasteiger partial charge in [-0.2, -0.15) is 0 Å². The topological polar surface area (TPSA) is 69.4 Å². The van der Waals surface area contributed by atoms with Crippen LogP contribution in [0.15, 0.2) is 109 Å². The van der Waals surface area contributed by atoms with Gasteiger partial charge >= 0.3 is 5.97 Å². The summed E-state index contributed by atoms with van der Waals surface area (Å²) < 4.78 is 4.99. The minimum atomic E-state index is -2.27. The van der Waals surface area contributed by atoms with Crippen molar-refractivity contribution in [3.8, 4) is 0 Å². The molecule has 0 fully saturated rings. The minimum Gasteiger partial charge on any atom is -0.465 e. The largest absolute Gasteiger partial charge is 0.465 e. The maximum absolute atomic E-state index is 12.7. The van der Waals surface area contributed by atoms with Gasteiger partial charge in [-0.3, -0.25) is 10.1 Å². The van der Waals surface area contributed by atoms with E-state index in [1.807, 2.05) is 54.6 Å². The average Bonchev–Trinajstić information content (AvgIpc) is 2.88. The van der Waals surface area contributed by atoms with Crippen molar-refractivity contribution in [1.29, 1.82) is 0 Å². The number of nitro benzene ring substituents is 1. The van der Waals surface area contributed by atoms with Gasteiger partial charge in [-0.1, -0.05) is 54.6 Å². The van der Waals surface area contributed by atoms with Crippen LogP contribution in [-0.4, -0.2) is 18.0 Å². The molecule has 0 heterocycles. The first-order valence-corrected chi connectivity index (χ1v) is 12.4. The Morgan fingerprint density at radius 3 is 1.62 bits per heavy atom. The van der Waals surface area contributed by atoms with E-state index in [1.165, 1.54) is 19.2 Å². The van der Waals surface area contributed by atoms with Crippen molar-refractivity contribution in [3.05, 3.63) is 130 Å². The number of benzene rings is 4. The predicted molar refractivity (Wildman–Crippen MR) is 144 cm³/mol. The fourth-order valence-electron chi connectivity index (χ4n) is 4.14. The van der Waals surface area contributed by atoms with Crippen LogP contribution in [0.1, 0.15) is 15.9 Å². The van der Waals surface area contributed by atoms with Crippen LogP contribution < -0.4 is 15.9 Å². The number of halogens is 1. The number of methoxy groups -OCH3 is 1. The summed E-state index contributed by atoms with van der Waals surface area (Å²) in [6, 6.07) is 35.3. The van der Waals surface area contributed by atoms with Crippen molar-refractivity contribution >= 4 is 51.8 Å². The molecule has 7 heteroatoms. The minimum absolute atomic E-state index is 0. The highest BCUT2D eigenvalue weighted by Gasteiger charge is 2.46. The second-order valence-corrected chi connectivity index (χ2v) is 11.0. The second-order valence-electron chi connectivity index (χ2n) is 7.56. The summed E-state index contributed by atoms with van der Waals surface area (Å²) in [4.78, 5) is 23.6. The third-order valence-electron chi connectivity index (χ3n) is 5.71. The molecule has 4 aromatic carbocycles. The zero-order valence-electron chi connectivity index (χ0n) is 18.5. The number of carbonyl (C=O) groups excluding carboxylic acids is 1. The first kappa shape index (κ1) is 25.3. The molecular weight excluding hydrogens is 513 g/mol. The number of nitrogens with zero attached hydrogens (tertiary/aromatic N) is 1.